The zero-order valence-electron chi connectivity index (χ0n) is 14.9. The van der Waals surface area contributed by atoms with E-state index < -0.39 is 11.7 Å². The number of H-pyrrole nitrogens is 1. The van der Waals surface area contributed by atoms with E-state index in [1.54, 1.807) is 6.20 Å². The van der Waals surface area contributed by atoms with Gasteiger partial charge in [0.1, 0.15) is 11.4 Å². The van der Waals surface area contributed by atoms with Crippen LogP contribution in [0.25, 0.3) is 0 Å². The van der Waals surface area contributed by atoms with Gasteiger partial charge in [-0.1, -0.05) is 0 Å². The summed E-state index contributed by atoms with van der Waals surface area (Å²) in [6.07, 6.45) is 1.23. The standard InChI is InChI=1S/C17H25N5O2/c1-11-8-15(21-16(23)24-17(3,4)5)20-12(2)14(11)10-18-9-13-6-7-19-22-13/h6-8,18H,9-10H2,1-5H3,(H,19,22)(H,20,21,23). The van der Waals surface area contributed by atoms with Crippen molar-refractivity contribution in [1.82, 2.24) is 20.5 Å². The van der Waals surface area contributed by atoms with Crippen molar-refractivity contribution in [3.05, 3.63) is 40.8 Å². The molecule has 24 heavy (non-hydrogen) atoms. The van der Waals surface area contributed by atoms with Crippen molar-refractivity contribution in [2.75, 3.05) is 5.32 Å². The van der Waals surface area contributed by atoms with Crippen LogP contribution in [0, 0.1) is 13.8 Å². The summed E-state index contributed by atoms with van der Waals surface area (Å²) in [6, 6.07) is 3.78. The van der Waals surface area contributed by atoms with Crippen LogP contribution in [0.1, 0.15) is 43.3 Å². The Bertz CT molecular complexity index is 666. The number of rotatable bonds is 5. The lowest BCUT2D eigenvalue weighted by Crippen LogP contribution is -2.27. The summed E-state index contributed by atoms with van der Waals surface area (Å²) in [5, 5.41) is 12.9. The van der Waals surface area contributed by atoms with Crippen LogP contribution in [-0.4, -0.2) is 26.9 Å². The smallest absolute Gasteiger partial charge is 0.413 e. The van der Waals surface area contributed by atoms with Crippen LogP contribution >= 0.6 is 0 Å². The summed E-state index contributed by atoms with van der Waals surface area (Å²) in [4.78, 5) is 16.3. The maximum atomic E-state index is 11.8. The van der Waals surface area contributed by atoms with Crippen LogP contribution in [0.3, 0.4) is 0 Å². The van der Waals surface area contributed by atoms with Crippen LogP contribution < -0.4 is 10.6 Å². The number of nitrogens with zero attached hydrogens (tertiary/aromatic N) is 2. The molecule has 3 N–H and O–H groups in total. The van der Waals surface area contributed by atoms with Crippen LogP contribution in [0.4, 0.5) is 10.6 Å². The van der Waals surface area contributed by atoms with Gasteiger partial charge in [0.05, 0.1) is 0 Å². The molecule has 0 aliphatic rings. The van der Waals surface area contributed by atoms with E-state index in [1.807, 2.05) is 46.8 Å². The second-order valence-corrected chi connectivity index (χ2v) is 6.70. The van der Waals surface area contributed by atoms with Gasteiger partial charge in [-0.2, -0.15) is 5.10 Å². The van der Waals surface area contributed by atoms with Crippen molar-refractivity contribution < 1.29 is 9.53 Å². The molecule has 2 heterocycles. The van der Waals surface area contributed by atoms with E-state index >= 15 is 0 Å². The lowest BCUT2D eigenvalue weighted by Gasteiger charge is -2.20. The van der Waals surface area contributed by atoms with Gasteiger partial charge in [-0.05, 0) is 57.9 Å². The molecule has 2 aromatic rings. The first-order valence-corrected chi connectivity index (χ1v) is 7.90. The van der Waals surface area contributed by atoms with Crippen molar-refractivity contribution >= 4 is 11.9 Å². The molecule has 0 radical (unpaired) electrons. The fraction of sp³-hybridized carbons (Fsp3) is 0.471. The van der Waals surface area contributed by atoms with Gasteiger partial charge in [-0.25, -0.2) is 9.78 Å². The van der Waals surface area contributed by atoms with E-state index in [2.05, 4.69) is 25.8 Å². The Hall–Kier alpha value is -2.41. The molecule has 0 saturated carbocycles. The number of ether oxygens (including phenoxy) is 1. The molecule has 2 aromatic heterocycles. The first-order chi connectivity index (χ1) is 11.2. The van der Waals surface area contributed by atoms with E-state index in [1.165, 1.54) is 0 Å². The van der Waals surface area contributed by atoms with E-state index in [4.69, 9.17) is 4.74 Å². The molecule has 0 atom stereocenters. The number of hydrogen-bond acceptors (Lipinski definition) is 5. The topological polar surface area (TPSA) is 91.9 Å². The lowest BCUT2D eigenvalue weighted by molar-refractivity contribution is 0.0635. The fourth-order valence-corrected chi connectivity index (χ4v) is 2.30. The van der Waals surface area contributed by atoms with Crippen molar-refractivity contribution in [2.24, 2.45) is 0 Å². The van der Waals surface area contributed by atoms with Crippen LogP contribution in [-0.2, 0) is 17.8 Å². The summed E-state index contributed by atoms with van der Waals surface area (Å²) in [6.45, 7) is 10.8. The first-order valence-electron chi connectivity index (χ1n) is 7.90. The van der Waals surface area contributed by atoms with Gasteiger partial charge in [0.15, 0.2) is 0 Å². The fourth-order valence-electron chi connectivity index (χ4n) is 2.30. The Balaban J connectivity index is 1.98. The second kappa shape index (κ2) is 7.44. The van der Waals surface area contributed by atoms with Gasteiger partial charge in [0, 0.05) is 30.7 Å². The maximum absolute atomic E-state index is 11.8. The van der Waals surface area contributed by atoms with Gasteiger partial charge >= 0.3 is 6.09 Å². The zero-order chi connectivity index (χ0) is 17.7. The monoisotopic (exact) mass is 331 g/mol. The molecular weight excluding hydrogens is 306 g/mol. The molecule has 0 bridgehead atoms. The molecule has 7 nitrogen and oxygen atoms in total. The third-order valence-corrected chi connectivity index (χ3v) is 3.36. The number of hydrogen-bond donors (Lipinski definition) is 3. The average Bonchev–Trinajstić information content (AvgIpc) is 2.92. The number of anilines is 1. The SMILES string of the molecule is Cc1cc(NC(=O)OC(C)(C)C)nc(C)c1CNCc1ccn[nH]1. The highest BCUT2D eigenvalue weighted by Crippen LogP contribution is 2.17. The van der Waals surface area contributed by atoms with Gasteiger partial charge in [-0.3, -0.25) is 10.4 Å². The van der Waals surface area contributed by atoms with Crippen LogP contribution in [0.5, 0.6) is 0 Å². The predicted molar refractivity (Wildman–Crippen MR) is 92.7 cm³/mol. The molecule has 0 unspecified atom stereocenters. The Kier molecular flexibility index (Phi) is 5.56. The van der Waals surface area contributed by atoms with E-state index in [-0.39, 0.29) is 0 Å². The first kappa shape index (κ1) is 17.9. The number of aromatic nitrogens is 3. The minimum atomic E-state index is -0.537. The highest BCUT2D eigenvalue weighted by atomic mass is 16.6. The average molecular weight is 331 g/mol. The summed E-state index contributed by atoms with van der Waals surface area (Å²) >= 11 is 0. The number of nitrogens with one attached hydrogen (secondary N) is 3. The molecule has 0 spiro atoms. The summed E-state index contributed by atoms with van der Waals surface area (Å²) in [5.41, 5.74) is 3.54. The Morgan fingerprint density at radius 2 is 2.04 bits per heavy atom. The van der Waals surface area contributed by atoms with E-state index in [0.717, 1.165) is 22.5 Å². The molecule has 0 fully saturated rings. The van der Waals surface area contributed by atoms with Crippen molar-refractivity contribution in [1.29, 1.82) is 0 Å². The second-order valence-electron chi connectivity index (χ2n) is 6.70. The zero-order valence-corrected chi connectivity index (χ0v) is 14.9. The quantitative estimate of drug-likeness (QED) is 0.783. The summed E-state index contributed by atoms with van der Waals surface area (Å²) in [5.74, 6) is 0.497. The van der Waals surface area contributed by atoms with E-state index in [9.17, 15) is 4.79 Å². The van der Waals surface area contributed by atoms with Gasteiger partial charge in [-0.15, -0.1) is 0 Å². The number of aromatic amines is 1. The highest BCUT2D eigenvalue weighted by molar-refractivity contribution is 5.83. The highest BCUT2D eigenvalue weighted by Gasteiger charge is 2.17. The molecule has 130 valence electrons. The number of carbonyl (C=O) groups excluding carboxylic acids is 1. The minimum Gasteiger partial charge on any atom is -0.444 e. The molecule has 0 aliphatic heterocycles. The van der Waals surface area contributed by atoms with Crippen molar-refractivity contribution in [3.63, 3.8) is 0 Å². The van der Waals surface area contributed by atoms with Gasteiger partial charge < -0.3 is 10.1 Å². The van der Waals surface area contributed by atoms with Crippen LogP contribution in [0.2, 0.25) is 0 Å². The Morgan fingerprint density at radius 3 is 2.62 bits per heavy atom. The molecular formula is C17H25N5O2. The summed E-state index contributed by atoms with van der Waals surface area (Å²) < 4.78 is 5.25. The van der Waals surface area contributed by atoms with Gasteiger partial charge in [0.2, 0.25) is 0 Å². The third-order valence-electron chi connectivity index (χ3n) is 3.36. The number of amides is 1. The molecule has 1 amide bonds. The Labute approximate surface area is 142 Å². The number of pyridine rings is 1. The lowest BCUT2D eigenvalue weighted by atomic mass is 10.1. The van der Waals surface area contributed by atoms with Crippen LogP contribution in [0.15, 0.2) is 18.3 Å². The minimum absolute atomic E-state index is 0.497. The normalized spacial score (nSPS) is 11.4. The molecule has 0 aromatic carbocycles. The predicted octanol–water partition coefficient (Wildman–Crippen LogP) is 3.06. The van der Waals surface area contributed by atoms with Crippen molar-refractivity contribution in [2.45, 2.75) is 53.3 Å². The number of aryl methyl sites for hydroxylation is 2. The molecule has 0 saturated heterocycles. The van der Waals surface area contributed by atoms with Crippen molar-refractivity contribution in [3.8, 4) is 0 Å². The maximum Gasteiger partial charge on any atom is 0.413 e. The van der Waals surface area contributed by atoms with E-state index in [0.29, 0.717) is 18.9 Å². The molecule has 2 rings (SSSR count). The van der Waals surface area contributed by atoms with Gasteiger partial charge in [0.25, 0.3) is 0 Å². The summed E-state index contributed by atoms with van der Waals surface area (Å²) in [7, 11) is 0. The third kappa shape index (κ3) is 5.34. The molecule has 0 aliphatic carbocycles. The Morgan fingerprint density at radius 1 is 1.29 bits per heavy atom. The number of carbonyl (C=O) groups is 1. The molecule has 7 heteroatoms. The largest absolute Gasteiger partial charge is 0.444 e.